The monoisotopic (exact) mass is 775 g/mol. The Morgan fingerprint density at radius 3 is 1.74 bits per heavy atom. The van der Waals surface area contributed by atoms with Gasteiger partial charge in [-0.1, -0.05) is 24.3 Å². The Morgan fingerprint density at radius 1 is 0.792 bits per heavy atom. The first-order valence-corrected chi connectivity index (χ1v) is 15.6. The van der Waals surface area contributed by atoms with Gasteiger partial charge in [-0.3, -0.25) is 19.7 Å². The molecule has 53 heavy (non-hydrogen) atoms. The number of alkyl carbamates (subject to hydrolysis) is 2. The van der Waals surface area contributed by atoms with Crippen LogP contribution in [0.1, 0.15) is 33.3 Å². The Morgan fingerprint density at radius 2 is 1.28 bits per heavy atom. The minimum atomic E-state index is -5.05. The number of methoxy groups -OCH3 is 2. The molecule has 298 valence electrons. The summed E-state index contributed by atoms with van der Waals surface area (Å²) in [5, 5.41) is 21.1. The third kappa shape index (κ3) is 11.9. The molecule has 4 atom stereocenters. The molecular formula is C31H41F8N7O7. The Labute approximate surface area is 298 Å². The van der Waals surface area contributed by atoms with Crippen LogP contribution in [0.25, 0.3) is 11.3 Å². The molecule has 1 aromatic carbocycles. The number of aromatic nitrogens is 2. The van der Waals surface area contributed by atoms with Crippen LogP contribution in [-0.4, -0.2) is 103 Å². The van der Waals surface area contributed by atoms with Gasteiger partial charge in [-0.25, -0.2) is 23.8 Å². The van der Waals surface area contributed by atoms with Crippen molar-refractivity contribution in [1.82, 2.24) is 36.6 Å². The number of alkyl halides is 8. The molecule has 6 N–H and O–H groups in total. The first-order valence-electron chi connectivity index (χ1n) is 15.6. The fourth-order valence-electron chi connectivity index (χ4n) is 4.66. The normalized spacial score (nSPS) is 14.8. The Hall–Kier alpha value is -4.73. The quantitative estimate of drug-likeness (QED) is 0.110. The van der Waals surface area contributed by atoms with Crippen LogP contribution in [0, 0.1) is 10.8 Å². The van der Waals surface area contributed by atoms with Gasteiger partial charge in [0.05, 0.1) is 42.9 Å². The summed E-state index contributed by atoms with van der Waals surface area (Å²) in [6, 6.07) is 1.40. The molecule has 2 rings (SSSR count). The number of aliphatic hydroxyl groups is 1. The van der Waals surface area contributed by atoms with E-state index in [1.165, 1.54) is 36.5 Å². The lowest BCUT2D eigenvalue weighted by Gasteiger charge is -2.36. The molecule has 0 saturated carbocycles. The van der Waals surface area contributed by atoms with Crippen molar-refractivity contribution < 1.29 is 68.9 Å². The zero-order valence-corrected chi connectivity index (χ0v) is 29.3. The van der Waals surface area contributed by atoms with E-state index in [0.717, 1.165) is 18.9 Å². The summed E-state index contributed by atoms with van der Waals surface area (Å²) >= 11 is 0. The average Bonchev–Trinajstić information content (AvgIpc) is 3.51. The molecule has 1 aromatic heterocycles. The van der Waals surface area contributed by atoms with Crippen LogP contribution >= 0.6 is 0 Å². The third-order valence-corrected chi connectivity index (χ3v) is 8.31. The van der Waals surface area contributed by atoms with Crippen LogP contribution < -0.4 is 26.8 Å². The summed E-state index contributed by atoms with van der Waals surface area (Å²) < 4.78 is 119. The lowest BCUT2D eigenvalue weighted by molar-refractivity contribution is -0.221. The highest BCUT2D eigenvalue weighted by Crippen LogP contribution is 2.41. The van der Waals surface area contributed by atoms with Crippen LogP contribution in [0.5, 0.6) is 0 Å². The summed E-state index contributed by atoms with van der Waals surface area (Å²) in [6.07, 6.45) is -16.2. The largest absolute Gasteiger partial charge is 0.453 e. The molecule has 0 aliphatic carbocycles. The van der Waals surface area contributed by atoms with Gasteiger partial charge in [0.25, 0.3) is 12.3 Å². The van der Waals surface area contributed by atoms with E-state index in [4.69, 9.17) is 0 Å². The van der Waals surface area contributed by atoms with Gasteiger partial charge in [-0.2, -0.15) is 31.4 Å². The van der Waals surface area contributed by atoms with Crippen LogP contribution in [0.15, 0.2) is 36.5 Å². The number of rotatable bonds is 16. The molecule has 22 heteroatoms. The zero-order valence-electron chi connectivity index (χ0n) is 29.3. The van der Waals surface area contributed by atoms with Gasteiger partial charge in [0.2, 0.25) is 5.91 Å². The topological polar surface area (TPSA) is 185 Å². The number of ether oxygens (including phenoxy) is 2. The standard InChI is InChI=1S/C31H41F8N7O7/c1-28(2,30(34,35)36)22(42-26(50)52-5)24(48)41-19(13-16-7-9-17(10-8-16)18-11-12-46(45-18)15-21(32)33)20(47)14-40-44-25(49)23(43-27(51)53-6)29(3,4)31(37,38)39/h7-12,19-23,40,47H,13-15H2,1-6H3,(H,41,48)(H,42,50)(H,43,51)(H,44,49)/t19-,20-,22+,23+/m0/s1. The molecule has 1 heterocycles. The Bertz CT molecular complexity index is 1550. The fourth-order valence-corrected chi connectivity index (χ4v) is 4.66. The van der Waals surface area contributed by atoms with Gasteiger partial charge in [0, 0.05) is 18.3 Å². The second-order valence-electron chi connectivity index (χ2n) is 12.8. The van der Waals surface area contributed by atoms with E-state index in [1.54, 1.807) is 5.32 Å². The second kappa shape index (κ2) is 17.9. The van der Waals surface area contributed by atoms with Crippen LogP contribution in [0.2, 0.25) is 0 Å². The van der Waals surface area contributed by atoms with Crippen LogP contribution in [0.3, 0.4) is 0 Å². The van der Waals surface area contributed by atoms with E-state index >= 15 is 0 Å². The van der Waals surface area contributed by atoms with Gasteiger partial charge < -0.3 is 30.5 Å². The number of amides is 4. The Kier molecular flexibility index (Phi) is 15.0. The number of benzene rings is 1. The summed E-state index contributed by atoms with van der Waals surface area (Å²) in [4.78, 5) is 50.0. The zero-order chi connectivity index (χ0) is 40.5. The molecule has 4 amide bonds. The first-order chi connectivity index (χ1) is 24.3. The maximum absolute atomic E-state index is 14.0. The molecule has 0 unspecified atom stereocenters. The van der Waals surface area contributed by atoms with E-state index in [0.29, 0.717) is 44.5 Å². The molecule has 2 aromatic rings. The fraction of sp³-hybridized carbons (Fsp3) is 0.581. The predicted octanol–water partition coefficient (Wildman–Crippen LogP) is 3.45. The highest BCUT2D eigenvalue weighted by Gasteiger charge is 2.57. The molecule has 0 aliphatic heterocycles. The number of hydrazine groups is 1. The Balaban J connectivity index is 2.39. The number of hydrogen-bond acceptors (Lipinski definition) is 9. The SMILES string of the molecule is COC(=O)N[C@H](C(=O)NNC[C@H](O)[C@H](Cc1ccc(-c2ccn(CC(F)F)n2)cc1)NC(=O)[C@@H](NC(=O)OC)C(C)(C)C(F)(F)F)C(C)(C)C(F)(F)F. The lowest BCUT2D eigenvalue weighted by Crippen LogP contribution is -2.63. The van der Waals surface area contributed by atoms with Crippen molar-refractivity contribution in [1.29, 1.82) is 0 Å². The maximum Gasteiger partial charge on any atom is 0.407 e. The van der Waals surface area contributed by atoms with Gasteiger partial charge in [0.15, 0.2) is 0 Å². The number of aliphatic hydroxyl groups excluding tert-OH is 1. The van der Waals surface area contributed by atoms with Crippen LogP contribution in [-0.2, 0) is 32.0 Å². The van der Waals surface area contributed by atoms with Gasteiger partial charge in [-0.15, -0.1) is 0 Å². The smallest absolute Gasteiger partial charge is 0.407 e. The molecule has 0 fully saturated rings. The molecule has 0 bridgehead atoms. The van der Waals surface area contributed by atoms with E-state index < -0.39 is 90.9 Å². The molecular weight excluding hydrogens is 734 g/mol. The van der Waals surface area contributed by atoms with Crippen LogP contribution in [0.4, 0.5) is 44.7 Å². The molecule has 0 saturated heterocycles. The van der Waals surface area contributed by atoms with E-state index in [-0.39, 0.29) is 6.42 Å². The highest BCUT2D eigenvalue weighted by atomic mass is 19.4. The van der Waals surface area contributed by atoms with E-state index in [1.807, 2.05) is 10.7 Å². The molecule has 0 radical (unpaired) electrons. The summed E-state index contributed by atoms with van der Waals surface area (Å²) in [7, 11) is 1.71. The first kappa shape index (κ1) is 44.4. The maximum atomic E-state index is 14.0. The van der Waals surface area contributed by atoms with Crippen molar-refractivity contribution >= 4 is 24.0 Å². The van der Waals surface area contributed by atoms with E-state index in [2.05, 4.69) is 25.3 Å². The van der Waals surface area contributed by atoms with Crippen molar-refractivity contribution in [2.45, 2.75) is 83.7 Å². The highest BCUT2D eigenvalue weighted by molar-refractivity contribution is 5.87. The van der Waals surface area contributed by atoms with Gasteiger partial charge in [-0.05, 0) is 45.7 Å². The number of halogens is 8. The average molecular weight is 776 g/mol. The molecule has 0 aliphatic rings. The number of nitrogens with one attached hydrogen (secondary N) is 5. The van der Waals surface area contributed by atoms with Crippen molar-refractivity contribution in [2.75, 3.05) is 20.8 Å². The number of hydrogen-bond donors (Lipinski definition) is 6. The summed E-state index contributed by atoms with van der Waals surface area (Å²) in [6.45, 7) is 1.16. The second-order valence-corrected chi connectivity index (χ2v) is 12.8. The van der Waals surface area contributed by atoms with Crippen molar-refractivity contribution in [3.05, 3.63) is 42.1 Å². The van der Waals surface area contributed by atoms with Crippen molar-refractivity contribution in [3.63, 3.8) is 0 Å². The molecule has 0 spiro atoms. The van der Waals surface area contributed by atoms with E-state index in [9.17, 15) is 59.4 Å². The van der Waals surface area contributed by atoms with Crippen molar-refractivity contribution in [3.8, 4) is 11.3 Å². The number of carbonyl (C=O) groups is 4. The lowest BCUT2D eigenvalue weighted by atomic mass is 9.82. The third-order valence-electron chi connectivity index (χ3n) is 8.31. The molecule has 14 nitrogen and oxygen atoms in total. The number of carbonyl (C=O) groups excluding carboxylic acids is 4. The summed E-state index contributed by atoms with van der Waals surface area (Å²) in [5.74, 6) is -2.84. The van der Waals surface area contributed by atoms with Gasteiger partial charge in [0.1, 0.15) is 18.6 Å². The minimum absolute atomic E-state index is 0.312. The number of nitrogens with zero attached hydrogens (tertiary/aromatic N) is 2. The van der Waals surface area contributed by atoms with Gasteiger partial charge >= 0.3 is 24.5 Å². The summed E-state index contributed by atoms with van der Waals surface area (Å²) in [5.41, 5.74) is -0.469. The minimum Gasteiger partial charge on any atom is -0.453 e. The predicted molar refractivity (Wildman–Crippen MR) is 170 cm³/mol. The van der Waals surface area contributed by atoms with Crippen molar-refractivity contribution in [2.24, 2.45) is 10.8 Å².